The summed E-state index contributed by atoms with van der Waals surface area (Å²) in [4.78, 5) is 29.2. The minimum atomic E-state index is -0.943. The van der Waals surface area contributed by atoms with E-state index in [1.54, 1.807) is 31.2 Å². The Bertz CT molecular complexity index is 809. The number of hydrogen-bond acceptors (Lipinski definition) is 4. The van der Waals surface area contributed by atoms with E-state index in [0.29, 0.717) is 16.8 Å². The first kappa shape index (κ1) is 16.3. The van der Waals surface area contributed by atoms with Crippen LogP contribution in [0.15, 0.2) is 34.1 Å². The number of aliphatic imine (C=N–C) groups is 1. The smallest absolute Gasteiger partial charge is 0.303 e. The zero-order valence-corrected chi connectivity index (χ0v) is 12.6. The van der Waals surface area contributed by atoms with Crippen LogP contribution in [0.1, 0.15) is 18.9 Å². The summed E-state index contributed by atoms with van der Waals surface area (Å²) in [5, 5.41) is 9.49. The molecular weight excluding hydrogens is 300 g/mol. The normalized spacial score (nSPS) is 11.9. The highest BCUT2D eigenvalue weighted by molar-refractivity contribution is 5.80. The zero-order chi connectivity index (χ0) is 17.0. The van der Waals surface area contributed by atoms with Gasteiger partial charge in [0.1, 0.15) is 5.75 Å². The number of aliphatic carboxylic acids is 1. The third-order valence-corrected chi connectivity index (χ3v) is 3.14. The van der Waals surface area contributed by atoms with E-state index in [-0.39, 0.29) is 24.4 Å². The monoisotopic (exact) mass is 318 g/mol. The number of carbonyl (C=O) groups is 1. The molecule has 1 heterocycles. The van der Waals surface area contributed by atoms with Gasteiger partial charge in [-0.05, 0) is 36.9 Å². The van der Waals surface area contributed by atoms with E-state index < -0.39 is 12.2 Å². The van der Waals surface area contributed by atoms with Crippen LogP contribution < -0.4 is 21.8 Å². The number of carboxylic acid groups (broad SMARTS) is 1. The Kier molecular flexibility index (Phi) is 4.85. The lowest BCUT2D eigenvalue weighted by atomic mass is 10.1. The molecule has 0 aliphatic heterocycles. The average Bonchev–Trinajstić information content (AvgIpc) is 2.44. The molecule has 2 aromatic rings. The minimum absolute atomic E-state index is 0.0743. The van der Waals surface area contributed by atoms with Gasteiger partial charge in [0.25, 0.3) is 5.56 Å². The van der Waals surface area contributed by atoms with E-state index in [4.69, 9.17) is 21.3 Å². The van der Waals surface area contributed by atoms with Gasteiger partial charge in [-0.2, -0.15) is 0 Å². The molecule has 0 aliphatic carbocycles. The van der Waals surface area contributed by atoms with Gasteiger partial charge in [-0.15, -0.1) is 0 Å². The van der Waals surface area contributed by atoms with Crippen LogP contribution in [0, 0.1) is 0 Å². The average molecular weight is 318 g/mol. The van der Waals surface area contributed by atoms with Crippen molar-refractivity contribution >= 4 is 22.8 Å². The maximum Gasteiger partial charge on any atom is 0.303 e. The van der Waals surface area contributed by atoms with E-state index in [1.165, 1.54) is 0 Å². The lowest BCUT2D eigenvalue weighted by molar-refractivity contribution is -0.136. The highest BCUT2D eigenvalue weighted by Gasteiger charge is 2.08. The molecule has 0 saturated carbocycles. The van der Waals surface area contributed by atoms with Crippen molar-refractivity contribution in [1.82, 2.24) is 4.98 Å². The van der Waals surface area contributed by atoms with Crippen LogP contribution in [0.5, 0.6) is 5.75 Å². The zero-order valence-electron chi connectivity index (χ0n) is 12.6. The number of aromatic nitrogens is 1. The second-order valence-corrected chi connectivity index (χ2v) is 5.04. The fraction of sp³-hybridized carbons (Fsp3) is 0.267. The predicted molar refractivity (Wildman–Crippen MR) is 86.4 cm³/mol. The van der Waals surface area contributed by atoms with E-state index in [2.05, 4.69) is 9.98 Å². The molecule has 0 spiro atoms. The molecular formula is C15H18N4O4. The molecule has 122 valence electrons. The number of hydrogen-bond donors (Lipinski definition) is 4. The number of guanidine groups is 1. The maximum absolute atomic E-state index is 12.0. The van der Waals surface area contributed by atoms with E-state index in [1.807, 2.05) is 0 Å². The van der Waals surface area contributed by atoms with Crippen molar-refractivity contribution in [2.45, 2.75) is 26.0 Å². The van der Waals surface area contributed by atoms with Crippen LogP contribution in [-0.4, -0.2) is 28.2 Å². The fourth-order valence-corrected chi connectivity index (χ4v) is 2.16. The Labute approximate surface area is 131 Å². The van der Waals surface area contributed by atoms with Crippen LogP contribution in [0.25, 0.3) is 10.9 Å². The van der Waals surface area contributed by atoms with Gasteiger partial charge in [0, 0.05) is 18.1 Å². The fourth-order valence-electron chi connectivity index (χ4n) is 2.16. The SMILES string of the molecule is CC(N=C(N)N)Oc1ccc2cc(CCC(=O)O)c(=O)[nH]c2c1. The van der Waals surface area contributed by atoms with Crippen molar-refractivity contribution in [1.29, 1.82) is 0 Å². The van der Waals surface area contributed by atoms with Crippen LogP contribution in [0.3, 0.4) is 0 Å². The molecule has 0 bridgehead atoms. The molecule has 1 unspecified atom stereocenters. The number of pyridine rings is 1. The number of benzene rings is 1. The summed E-state index contributed by atoms with van der Waals surface area (Å²) in [5.74, 6) is -0.513. The van der Waals surface area contributed by atoms with Gasteiger partial charge in [-0.3, -0.25) is 9.59 Å². The number of nitrogens with two attached hydrogens (primary N) is 2. The Morgan fingerprint density at radius 3 is 2.78 bits per heavy atom. The van der Waals surface area contributed by atoms with Crippen molar-refractivity contribution in [2.24, 2.45) is 16.5 Å². The summed E-state index contributed by atoms with van der Waals surface area (Å²) in [7, 11) is 0. The summed E-state index contributed by atoms with van der Waals surface area (Å²) in [5.41, 5.74) is 11.3. The van der Waals surface area contributed by atoms with Crippen LogP contribution in [-0.2, 0) is 11.2 Å². The van der Waals surface area contributed by atoms with Crippen molar-refractivity contribution < 1.29 is 14.6 Å². The van der Waals surface area contributed by atoms with Crippen LogP contribution in [0.4, 0.5) is 0 Å². The van der Waals surface area contributed by atoms with E-state index in [9.17, 15) is 9.59 Å². The van der Waals surface area contributed by atoms with E-state index >= 15 is 0 Å². The standard InChI is InChI=1S/C15H18N4O4/c1-8(18-15(16)17)23-11-4-2-9-6-10(3-5-13(20)21)14(22)19-12(9)7-11/h2,4,6-8H,3,5H2,1H3,(H,19,22)(H,20,21)(H4,16,17,18). The number of H-pyrrole nitrogens is 1. The molecule has 0 fully saturated rings. The quantitative estimate of drug-likeness (QED) is 0.452. The number of fused-ring (bicyclic) bond motifs is 1. The third kappa shape index (κ3) is 4.47. The van der Waals surface area contributed by atoms with Gasteiger partial charge in [0.05, 0.1) is 5.52 Å². The highest BCUT2D eigenvalue weighted by Crippen LogP contribution is 2.20. The summed E-state index contributed by atoms with van der Waals surface area (Å²) >= 11 is 0. The van der Waals surface area contributed by atoms with Gasteiger partial charge in [0.2, 0.25) is 0 Å². The number of nitrogens with one attached hydrogen (secondary N) is 1. The predicted octanol–water partition coefficient (Wildman–Crippen LogP) is 0.543. The lowest BCUT2D eigenvalue weighted by Crippen LogP contribution is -2.26. The second-order valence-electron chi connectivity index (χ2n) is 5.04. The molecule has 8 nitrogen and oxygen atoms in total. The molecule has 2 rings (SSSR count). The van der Waals surface area contributed by atoms with Gasteiger partial charge >= 0.3 is 5.97 Å². The number of aromatic amines is 1. The number of ether oxygens (including phenoxy) is 1. The topological polar surface area (TPSA) is 144 Å². The first-order chi connectivity index (χ1) is 10.8. The second kappa shape index (κ2) is 6.82. The number of carboxylic acids is 1. The lowest BCUT2D eigenvalue weighted by Gasteiger charge is -2.11. The molecule has 1 aromatic carbocycles. The molecule has 23 heavy (non-hydrogen) atoms. The molecule has 0 aliphatic rings. The van der Waals surface area contributed by atoms with Gasteiger partial charge in [0.15, 0.2) is 12.2 Å². The van der Waals surface area contributed by atoms with Crippen LogP contribution in [0.2, 0.25) is 0 Å². The van der Waals surface area contributed by atoms with Gasteiger partial charge < -0.3 is 26.3 Å². The van der Waals surface area contributed by atoms with Crippen molar-refractivity contribution in [3.8, 4) is 5.75 Å². The third-order valence-electron chi connectivity index (χ3n) is 3.14. The summed E-state index contributed by atoms with van der Waals surface area (Å²) in [6.45, 7) is 1.68. The molecule has 0 amide bonds. The number of rotatable bonds is 6. The largest absolute Gasteiger partial charge is 0.481 e. The van der Waals surface area contributed by atoms with Crippen molar-refractivity contribution in [2.75, 3.05) is 0 Å². The van der Waals surface area contributed by atoms with Crippen molar-refractivity contribution in [3.05, 3.63) is 40.2 Å². The highest BCUT2D eigenvalue weighted by atomic mass is 16.5. The minimum Gasteiger partial charge on any atom is -0.481 e. The Morgan fingerprint density at radius 1 is 1.39 bits per heavy atom. The van der Waals surface area contributed by atoms with Crippen LogP contribution >= 0.6 is 0 Å². The molecule has 1 aromatic heterocycles. The number of nitrogens with zero attached hydrogens (tertiary/aromatic N) is 1. The summed E-state index contributed by atoms with van der Waals surface area (Å²) in [6.07, 6.45) is -0.467. The maximum atomic E-state index is 12.0. The Hall–Kier alpha value is -3.03. The Balaban J connectivity index is 2.27. The molecule has 1 atom stereocenters. The molecule has 6 N–H and O–H groups in total. The Morgan fingerprint density at radius 2 is 2.13 bits per heavy atom. The molecule has 8 heteroatoms. The first-order valence-corrected chi connectivity index (χ1v) is 6.98. The van der Waals surface area contributed by atoms with Gasteiger partial charge in [-0.25, -0.2) is 4.99 Å². The summed E-state index contributed by atoms with van der Waals surface area (Å²) < 4.78 is 5.54. The van der Waals surface area contributed by atoms with Gasteiger partial charge in [-0.1, -0.05) is 0 Å². The van der Waals surface area contributed by atoms with E-state index in [0.717, 1.165) is 5.39 Å². The van der Waals surface area contributed by atoms with Crippen molar-refractivity contribution in [3.63, 3.8) is 0 Å². The number of aryl methyl sites for hydroxylation is 1. The molecule has 0 saturated heterocycles. The molecule has 0 radical (unpaired) electrons. The first-order valence-electron chi connectivity index (χ1n) is 6.98. The summed E-state index contributed by atoms with van der Waals surface area (Å²) in [6, 6.07) is 6.84.